The molecule has 0 aliphatic rings. The number of aromatic amines is 1. The van der Waals surface area contributed by atoms with Crippen molar-refractivity contribution in [3.05, 3.63) is 29.6 Å². The van der Waals surface area contributed by atoms with Gasteiger partial charge in [0.1, 0.15) is 5.82 Å². The zero-order chi connectivity index (χ0) is 9.97. The van der Waals surface area contributed by atoms with Crippen molar-refractivity contribution in [3.63, 3.8) is 0 Å². The molecule has 14 heavy (non-hydrogen) atoms. The molecule has 3 nitrogen and oxygen atoms in total. The standard InChI is InChI=1S/C11H15N3/c1-2-11-13-9-4-3-8(5-6-12)7-10(9)14-11/h3-4,7H,2,5-6,12H2,1H3,(H,13,14). The van der Waals surface area contributed by atoms with Gasteiger partial charge in [-0.2, -0.15) is 0 Å². The Morgan fingerprint density at radius 3 is 3.00 bits per heavy atom. The van der Waals surface area contributed by atoms with Crippen LogP contribution in [0.1, 0.15) is 18.3 Å². The first-order valence-electron chi connectivity index (χ1n) is 5.01. The Balaban J connectivity index is 2.43. The summed E-state index contributed by atoms with van der Waals surface area (Å²) >= 11 is 0. The van der Waals surface area contributed by atoms with Crippen LogP contribution in [0.15, 0.2) is 18.2 Å². The molecule has 1 aromatic heterocycles. The first-order valence-corrected chi connectivity index (χ1v) is 5.01. The number of fused-ring (bicyclic) bond motifs is 1. The molecule has 0 bridgehead atoms. The monoisotopic (exact) mass is 189 g/mol. The summed E-state index contributed by atoms with van der Waals surface area (Å²) in [6.45, 7) is 2.79. The zero-order valence-corrected chi connectivity index (χ0v) is 8.38. The van der Waals surface area contributed by atoms with E-state index < -0.39 is 0 Å². The number of hydrogen-bond donors (Lipinski definition) is 2. The van der Waals surface area contributed by atoms with Gasteiger partial charge in [-0.3, -0.25) is 0 Å². The second kappa shape index (κ2) is 3.80. The third-order valence-corrected chi connectivity index (χ3v) is 2.36. The minimum atomic E-state index is 0.695. The van der Waals surface area contributed by atoms with E-state index in [1.807, 2.05) is 0 Å². The highest BCUT2D eigenvalue weighted by Crippen LogP contribution is 2.14. The van der Waals surface area contributed by atoms with Gasteiger partial charge in [0, 0.05) is 6.42 Å². The largest absolute Gasteiger partial charge is 0.342 e. The number of hydrogen-bond acceptors (Lipinski definition) is 2. The lowest BCUT2D eigenvalue weighted by molar-refractivity contribution is 0.970. The van der Waals surface area contributed by atoms with Crippen LogP contribution in [0.2, 0.25) is 0 Å². The van der Waals surface area contributed by atoms with Crippen molar-refractivity contribution in [1.82, 2.24) is 9.97 Å². The molecule has 0 aliphatic heterocycles. The van der Waals surface area contributed by atoms with Crippen LogP contribution < -0.4 is 5.73 Å². The molecule has 1 aromatic carbocycles. The van der Waals surface area contributed by atoms with Gasteiger partial charge in [-0.05, 0) is 30.7 Å². The van der Waals surface area contributed by atoms with E-state index in [0.29, 0.717) is 6.54 Å². The van der Waals surface area contributed by atoms with Crippen molar-refractivity contribution in [2.75, 3.05) is 6.54 Å². The lowest BCUT2D eigenvalue weighted by Crippen LogP contribution is -2.02. The molecule has 0 unspecified atom stereocenters. The van der Waals surface area contributed by atoms with Crippen LogP contribution in [-0.2, 0) is 12.8 Å². The van der Waals surface area contributed by atoms with Crippen molar-refractivity contribution in [3.8, 4) is 0 Å². The number of rotatable bonds is 3. The van der Waals surface area contributed by atoms with Gasteiger partial charge in [-0.15, -0.1) is 0 Å². The third kappa shape index (κ3) is 1.63. The predicted molar refractivity (Wildman–Crippen MR) is 58.2 cm³/mol. The number of aromatic nitrogens is 2. The Hall–Kier alpha value is -1.35. The molecule has 3 N–H and O–H groups in total. The van der Waals surface area contributed by atoms with Crippen molar-refractivity contribution >= 4 is 11.0 Å². The highest BCUT2D eigenvalue weighted by Gasteiger charge is 2.01. The highest BCUT2D eigenvalue weighted by atomic mass is 14.9. The third-order valence-electron chi connectivity index (χ3n) is 2.36. The zero-order valence-electron chi connectivity index (χ0n) is 8.38. The fourth-order valence-corrected chi connectivity index (χ4v) is 1.60. The molecule has 0 spiro atoms. The summed E-state index contributed by atoms with van der Waals surface area (Å²) < 4.78 is 0. The van der Waals surface area contributed by atoms with Crippen LogP contribution in [0.5, 0.6) is 0 Å². The number of nitrogens with zero attached hydrogens (tertiary/aromatic N) is 1. The van der Waals surface area contributed by atoms with Gasteiger partial charge in [0.25, 0.3) is 0 Å². The van der Waals surface area contributed by atoms with E-state index in [2.05, 4.69) is 35.1 Å². The number of aryl methyl sites for hydroxylation is 1. The molecule has 0 radical (unpaired) electrons. The maximum atomic E-state index is 5.51. The van der Waals surface area contributed by atoms with Gasteiger partial charge in [0.15, 0.2) is 0 Å². The number of nitrogens with two attached hydrogens (primary N) is 1. The lowest BCUT2D eigenvalue weighted by Gasteiger charge is -1.96. The maximum absolute atomic E-state index is 5.51. The molecule has 0 amide bonds. The minimum Gasteiger partial charge on any atom is -0.342 e. The van der Waals surface area contributed by atoms with Crippen LogP contribution >= 0.6 is 0 Å². The van der Waals surface area contributed by atoms with Crippen molar-refractivity contribution in [1.29, 1.82) is 0 Å². The second-order valence-electron chi connectivity index (χ2n) is 3.43. The molecular weight excluding hydrogens is 174 g/mol. The lowest BCUT2D eigenvalue weighted by atomic mass is 10.1. The smallest absolute Gasteiger partial charge is 0.106 e. The van der Waals surface area contributed by atoms with E-state index in [1.54, 1.807) is 0 Å². The Morgan fingerprint density at radius 1 is 1.43 bits per heavy atom. The maximum Gasteiger partial charge on any atom is 0.106 e. The predicted octanol–water partition coefficient (Wildman–Crippen LogP) is 1.63. The summed E-state index contributed by atoms with van der Waals surface area (Å²) in [4.78, 5) is 7.74. The Labute approximate surface area is 83.3 Å². The summed E-state index contributed by atoms with van der Waals surface area (Å²) in [5.74, 6) is 1.05. The molecule has 0 saturated heterocycles. The first-order chi connectivity index (χ1) is 6.83. The number of imidazole rings is 1. The quantitative estimate of drug-likeness (QED) is 0.771. The second-order valence-corrected chi connectivity index (χ2v) is 3.43. The van der Waals surface area contributed by atoms with Gasteiger partial charge < -0.3 is 10.7 Å². The normalized spacial score (nSPS) is 11.0. The summed E-state index contributed by atoms with van der Waals surface area (Å²) in [5.41, 5.74) is 8.94. The first kappa shape index (κ1) is 9.21. The average molecular weight is 189 g/mol. The fraction of sp³-hybridized carbons (Fsp3) is 0.364. The molecule has 3 heteroatoms. The fourth-order valence-electron chi connectivity index (χ4n) is 1.60. The van der Waals surface area contributed by atoms with Crippen LogP contribution in [-0.4, -0.2) is 16.5 Å². The topological polar surface area (TPSA) is 54.7 Å². The summed E-state index contributed by atoms with van der Waals surface area (Å²) in [5, 5.41) is 0. The van der Waals surface area contributed by atoms with E-state index in [0.717, 1.165) is 29.7 Å². The van der Waals surface area contributed by atoms with E-state index in [9.17, 15) is 0 Å². The number of benzene rings is 1. The SMILES string of the molecule is CCc1nc2ccc(CCN)cc2[nH]1. The summed E-state index contributed by atoms with van der Waals surface area (Å²) in [7, 11) is 0. The Kier molecular flexibility index (Phi) is 2.50. The molecule has 2 aromatic rings. The van der Waals surface area contributed by atoms with E-state index in [1.165, 1.54) is 5.56 Å². The van der Waals surface area contributed by atoms with Gasteiger partial charge in [0.05, 0.1) is 11.0 Å². The number of H-pyrrole nitrogens is 1. The van der Waals surface area contributed by atoms with Gasteiger partial charge in [-0.1, -0.05) is 13.0 Å². The molecule has 0 atom stereocenters. The molecule has 1 heterocycles. The van der Waals surface area contributed by atoms with Crippen molar-refractivity contribution in [2.45, 2.75) is 19.8 Å². The minimum absolute atomic E-state index is 0.695. The summed E-state index contributed by atoms with van der Waals surface area (Å²) in [6.07, 6.45) is 1.87. The Morgan fingerprint density at radius 2 is 2.29 bits per heavy atom. The van der Waals surface area contributed by atoms with Gasteiger partial charge in [0.2, 0.25) is 0 Å². The van der Waals surface area contributed by atoms with E-state index in [4.69, 9.17) is 5.73 Å². The van der Waals surface area contributed by atoms with Crippen LogP contribution in [0.25, 0.3) is 11.0 Å². The van der Waals surface area contributed by atoms with Gasteiger partial charge >= 0.3 is 0 Å². The molecule has 0 fully saturated rings. The molecule has 0 aliphatic carbocycles. The average Bonchev–Trinajstić information content (AvgIpc) is 2.60. The molecule has 2 rings (SSSR count). The van der Waals surface area contributed by atoms with E-state index in [-0.39, 0.29) is 0 Å². The van der Waals surface area contributed by atoms with Crippen LogP contribution in [0, 0.1) is 0 Å². The van der Waals surface area contributed by atoms with Crippen molar-refractivity contribution in [2.24, 2.45) is 5.73 Å². The van der Waals surface area contributed by atoms with Gasteiger partial charge in [-0.25, -0.2) is 4.98 Å². The molecular formula is C11H15N3. The molecule has 0 saturated carbocycles. The van der Waals surface area contributed by atoms with Crippen LogP contribution in [0.3, 0.4) is 0 Å². The Bertz CT molecular complexity index is 431. The molecule has 74 valence electrons. The van der Waals surface area contributed by atoms with Crippen LogP contribution in [0.4, 0.5) is 0 Å². The van der Waals surface area contributed by atoms with Crippen molar-refractivity contribution < 1.29 is 0 Å². The highest BCUT2D eigenvalue weighted by molar-refractivity contribution is 5.75. The van der Waals surface area contributed by atoms with E-state index >= 15 is 0 Å². The number of nitrogens with one attached hydrogen (secondary N) is 1. The summed E-state index contributed by atoms with van der Waals surface area (Å²) in [6, 6.07) is 6.28.